The second-order valence-electron chi connectivity index (χ2n) is 7.79. The first kappa shape index (κ1) is 23.0. The van der Waals surface area contributed by atoms with E-state index in [1.165, 1.54) is 6.07 Å². The number of hydrogen-bond acceptors (Lipinski definition) is 2. The second kappa shape index (κ2) is 9.35. The third kappa shape index (κ3) is 5.09. The first-order chi connectivity index (χ1) is 15.8. The van der Waals surface area contributed by atoms with Gasteiger partial charge in [0, 0.05) is 23.8 Å². The molecule has 33 heavy (non-hydrogen) atoms. The fourth-order valence-corrected chi connectivity index (χ4v) is 4.02. The van der Waals surface area contributed by atoms with Crippen LogP contribution in [0.1, 0.15) is 30.5 Å². The number of amides is 2. The van der Waals surface area contributed by atoms with E-state index in [4.69, 9.17) is 16.3 Å². The molecule has 1 fully saturated rings. The average molecular weight is 475 g/mol. The van der Waals surface area contributed by atoms with Gasteiger partial charge in [-0.3, -0.25) is 4.90 Å². The Balaban J connectivity index is 1.63. The molecular weight excluding hydrogens is 453 g/mol. The number of hydrogen-bond donors (Lipinski definition) is 0. The highest BCUT2D eigenvalue weighted by molar-refractivity contribution is 6.30. The number of urea groups is 1. The fourth-order valence-electron chi connectivity index (χ4n) is 3.89. The summed E-state index contributed by atoms with van der Waals surface area (Å²) in [5, 5.41) is 0.600. The summed E-state index contributed by atoms with van der Waals surface area (Å²) in [4.78, 5) is 16.4. The van der Waals surface area contributed by atoms with Crippen LogP contribution in [0.4, 0.5) is 23.7 Å². The molecule has 0 N–H and O–H groups in total. The molecule has 1 unspecified atom stereocenters. The molecule has 1 aliphatic rings. The van der Waals surface area contributed by atoms with Crippen LogP contribution in [0.3, 0.4) is 0 Å². The van der Waals surface area contributed by atoms with Crippen molar-refractivity contribution in [2.24, 2.45) is 0 Å². The number of nitrogens with zero attached hydrogens (tertiary/aromatic N) is 2. The highest BCUT2D eigenvalue weighted by atomic mass is 35.5. The maximum Gasteiger partial charge on any atom is 0.416 e. The van der Waals surface area contributed by atoms with Crippen molar-refractivity contribution in [1.82, 2.24) is 4.90 Å². The van der Waals surface area contributed by atoms with Gasteiger partial charge in [0.05, 0.1) is 11.6 Å². The number of benzene rings is 3. The van der Waals surface area contributed by atoms with Gasteiger partial charge in [-0.25, -0.2) is 4.79 Å². The fraction of sp³-hybridized carbons (Fsp3) is 0.240. The smallest absolute Gasteiger partial charge is 0.416 e. The molecule has 8 heteroatoms. The average Bonchev–Trinajstić information content (AvgIpc) is 3.12. The van der Waals surface area contributed by atoms with Crippen molar-refractivity contribution in [1.29, 1.82) is 0 Å². The summed E-state index contributed by atoms with van der Waals surface area (Å²) in [5.74, 6) is 1.18. The number of rotatable bonds is 6. The lowest BCUT2D eigenvalue weighted by Gasteiger charge is -2.24. The Kier molecular flexibility index (Phi) is 6.51. The first-order valence-electron chi connectivity index (χ1n) is 10.5. The molecule has 0 radical (unpaired) electrons. The molecule has 0 spiro atoms. The first-order valence-corrected chi connectivity index (χ1v) is 10.9. The lowest BCUT2D eigenvalue weighted by atomic mass is 10.0. The second-order valence-corrected chi connectivity index (χ2v) is 8.22. The third-order valence-electron chi connectivity index (χ3n) is 5.44. The monoisotopic (exact) mass is 474 g/mol. The molecule has 0 aromatic heterocycles. The minimum absolute atomic E-state index is 0.231. The molecule has 0 bridgehead atoms. The molecule has 4 nitrogen and oxygen atoms in total. The van der Waals surface area contributed by atoms with Crippen LogP contribution in [0.25, 0.3) is 0 Å². The van der Waals surface area contributed by atoms with Crippen LogP contribution in [0.2, 0.25) is 5.02 Å². The largest absolute Gasteiger partial charge is 0.457 e. The van der Waals surface area contributed by atoms with E-state index in [1.807, 2.05) is 6.92 Å². The lowest BCUT2D eigenvalue weighted by molar-refractivity contribution is -0.137. The molecular formula is C25H22ClF3N2O2. The van der Waals surface area contributed by atoms with E-state index < -0.39 is 17.8 Å². The van der Waals surface area contributed by atoms with Gasteiger partial charge >= 0.3 is 12.2 Å². The summed E-state index contributed by atoms with van der Waals surface area (Å²) in [6, 6.07) is 18.3. The number of carbonyl (C=O) groups excluding carboxylic acids is 1. The molecule has 0 saturated carbocycles. The number of carbonyl (C=O) groups is 1. The van der Waals surface area contributed by atoms with Crippen LogP contribution < -0.4 is 9.64 Å². The maximum absolute atomic E-state index is 13.3. The van der Waals surface area contributed by atoms with Gasteiger partial charge in [-0.2, -0.15) is 13.2 Å². The van der Waals surface area contributed by atoms with Gasteiger partial charge in [-0.15, -0.1) is 0 Å². The van der Waals surface area contributed by atoms with Gasteiger partial charge in [0.25, 0.3) is 0 Å². The van der Waals surface area contributed by atoms with Crippen molar-refractivity contribution in [2.45, 2.75) is 25.6 Å². The van der Waals surface area contributed by atoms with Gasteiger partial charge in [0.2, 0.25) is 0 Å². The van der Waals surface area contributed by atoms with Crippen molar-refractivity contribution in [3.8, 4) is 11.5 Å². The highest BCUT2D eigenvalue weighted by Gasteiger charge is 2.40. The molecule has 1 heterocycles. The molecule has 0 aliphatic carbocycles. The van der Waals surface area contributed by atoms with E-state index in [9.17, 15) is 18.0 Å². The van der Waals surface area contributed by atoms with Gasteiger partial charge in [-0.1, -0.05) is 30.7 Å². The Morgan fingerprint density at radius 1 is 1.00 bits per heavy atom. The molecule has 1 aliphatic heterocycles. The van der Waals surface area contributed by atoms with Crippen LogP contribution in [0, 0.1) is 0 Å². The summed E-state index contributed by atoms with van der Waals surface area (Å²) < 4.78 is 45.7. The van der Waals surface area contributed by atoms with E-state index in [1.54, 1.807) is 64.4 Å². The van der Waals surface area contributed by atoms with Crippen LogP contribution in [-0.2, 0) is 6.18 Å². The SMILES string of the molecule is CCCN1CC(c2cccc(C(F)(F)F)c2)N(c2ccc(Oc3ccc(Cl)cc3)cc2)C1=O. The van der Waals surface area contributed by atoms with E-state index >= 15 is 0 Å². The van der Waals surface area contributed by atoms with E-state index in [0.29, 0.717) is 40.9 Å². The van der Waals surface area contributed by atoms with Gasteiger partial charge in [0.1, 0.15) is 11.5 Å². The Bertz CT molecular complexity index is 1120. The van der Waals surface area contributed by atoms with Crippen molar-refractivity contribution in [3.63, 3.8) is 0 Å². The van der Waals surface area contributed by atoms with Gasteiger partial charge < -0.3 is 9.64 Å². The van der Waals surface area contributed by atoms with Crippen molar-refractivity contribution < 1.29 is 22.7 Å². The van der Waals surface area contributed by atoms with E-state index in [0.717, 1.165) is 18.6 Å². The topological polar surface area (TPSA) is 32.8 Å². The Labute approximate surface area is 195 Å². The highest BCUT2D eigenvalue weighted by Crippen LogP contribution is 2.38. The van der Waals surface area contributed by atoms with Crippen molar-refractivity contribution >= 4 is 23.3 Å². The van der Waals surface area contributed by atoms with E-state index in [2.05, 4.69) is 0 Å². The summed E-state index contributed by atoms with van der Waals surface area (Å²) in [5.41, 5.74) is 0.302. The van der Waals surface area contributed by atoms with Gasteiger partial charge in [0.15, 0.2) is 0 Å². The van der Waals surface area contributed by atoms with Crippen molar-refractivity contribution in [2.75, 3.05) is 18.0 Å². The molecule has 3 aromatic rings. The molecule has 172 valence electrons. The zero-order valence-corrected chi connectivity index (χ0v) is 18.6. The van der Waals surface area contributed by atoms with Crippen molar-refractivity contribution in [3.05, 3.63) is 88.9 Å². The Morgan fingerprint density at radius 3 is 2.24 bits per heavy atom. The predicted molar refractivity (Wildman–Crippen MR) is 122 cm³/mol. The molecule has 2 amide bonds. The quantitative estimate of drug-likeness (QED) is 0.369. The normalized spacial score (nSPS) is 16.4. The maximum atomic E-state index is 13.3. The van der Waals surface area contributed by atoms with Crippen LogP contribution in [-0.4, -0.2) is 24.0 Å². The summed E-state index contributed by atoms with van der Waals surface area (Å²) >= 11 is 5.90. The zero-order valence-electron chi connectivity index (χ0n) is 17.8. The van der Waals surface area contributed by atoms with Crippen LogP contribution in [0.5, 0.6) is 11.5 Å². The summed E-state index contributed by atoms with van der Waals surface area (Å²) in [6.07, 6.45) is -3.70. The minimum atomic E-state index is -4.45. The minimum Gasteiger partial charge on any atom is -0.457 e. The molecule has 1 saturated heterocycles. The molecule has 4 rings (SSSR count). The molecule has 3 aromatic carbocycles. The lowest BCUT2D eigenvalue weighted by Crippen LogP contribution is -2.32. The summed E-state index contributed by atoms with van der Waals surface area (Å²) in [6.45, 7) is 2.80. The Hall–Kier alpha value is -3.19. The van der Waals surface area contributed by atoms with E-state index in [-0.39, 0.29) is 6.03 Å². The zero-order chi connectivity index (χ0) is 23.6. The number of ether oxygens (including phenoxy) is 1. The number of halogens is 4. The van der Waals surface area contributed by atoms with Gasteiger partial charge in [-0.05, 0) is 72.6 Å². The Morgan fingerprint density at radius 2 is 1.64 bits per heavy atom. The van der Waals surface area contributed by atoms with Crippen LogP contribution in [0.15, 0.2) is 72.8 Å². The third-order valence-corrected chi connectivity index (χ3v) is 5.69. The number of anilines is 1. The van der Waals surface area contributed by atoms with Crippen LogP contribution >= 0.6 is 11.6 Å². The summed E-state index contributed by atoms with van der Waals surface area (Å²) in [7, 11) is 0. The standard InChI is InChI=1S/C25H22ClF3N2O2/c1-2-14-30-16-23(17-4-3-5-18(15-17)25(27,28)29)31(24(30)32)20-8-12-22(13-9-20)33-21-10-6-19(26)7-11-21/h3-13,15,23H,2,14,16H2,1H3. The number of alkyl halides is 3. The predicted octanol–water partition coefficient (Wildman–Crippen LogP) is 7.54. The molecule has 1 atom stereocenters.